The van der Waals surface area contributed by atoms with Gasteiger partial charge in [-0.3, -0.25) is 0 Å². The van der Waals surface area contributed by atoms with E-state index in [0.29, 0.717) is 17.3 Å². The molecule has 8 heteroatoms. The molecular weight excluding hydrogens is 292 g/mol. The lowest BCUT2D eigenvalue weighted by atomic mass is 10.3. The molecule has 3 N–H and O–H groups in total. The van der Waals surface area contributed by atoms with Gasteiger partial charge in [-0.05, 0) is 12.1 Å². The number of nitrogens with zero attached hydrogens (tertiary/aromatic N) is 2. The number of hydrogen-bond acceptors (Lipinski definition) is 5. The van der Waals surface area contributed by atoms with Crippen molar-refractivity contribution in [2.75, 3.05) is 25.1 Å². The van der Waals surface area contributed by atoms with Crippen molar-refractivity contribution < 1.29 is 13.2 Å². The lowest BCUT2D eigenvalue weighted by Crippen LogP contribution is -2.31. The molecule has 0 unspecified atom stereocenters. The molecule has 0 aliphatic heterocycles. The Morgan fingerprint density at radius 1 is 1.43 bits per heavy atom. The van der Waals surface area contributed by atoms with Crippen LogP contribution in [0.15, 0.2) is 36.7 Å². The standard InChI is InChI=1S/C13H18N4O3S/c1-17(10-13-15-5-6-16-13)21(18,19)8-7-20-12-4-2-3-11(14)9-12/h2-6,9H,7-8,10,14H2,1H3,(H,15,16). The van der Waals surface area contributed by atoms with Gasteiger partial charge in [-0.2, -0.15) is 4.31 Å². The largest absolute Gasteiger partial charge is 0.492 e. The minimum atomic E-state index is -3.40. The maximum absolute atomic E-state index is 12.1. The fraction of sp³-hybridized carbons (Fsp3) is 0.308. The first kappa shape index (κ1) is 15.3. The van der Waals surface area contributed by atoms with Crippen LogP contribution in [-0.4, -0.2) is 42.1 Å². The zero-order chi connectivity index (χ0) is 15.3. The van der Waals surface area contributed by atoms with Crippen molar-refractivity contribution in [1.29, 1.82) is 0 Å². The first-order valence-corrected chi connectivity index (χ1v) is 7.99. The Balaban J connectivity index is 1.86. The Morgan fingerprint density at radius 3 is 2.90 bits per heavy atom. The molecule has 0 bridgehead atoms. The molecular formula is C13H18N4O3S. The molecule has 0 fully saturated rings. The Labute approximate surface area is 123 Å². The predicted molar refractivity (Wildman–Crippen MR) is 80.2 cm³/mol. The fourth-order valence-electron chi connectivity index (χ4n) is 1.72. The maximum atomic E-state index is 12.1. The zero-order valence-electron chi connectivity index (χ0n) is 11.7. The topological polar surface area (TPSA) is 101 Å². The molecule has 2 rings (SSSR count). The van der Waals surface area contributed by atoms with E-state index in [9.17, 15) is 8.42 Å². The summed E-state index contributed by atoms with van der Waals surface area (Å²) in [5, 5.41) is 0. The Kier molecular flexibility index (Phi) is 4.81. The highest BCUT2D eigenvalue weighted by molar-refractivity contribution is 7.89. The van der Waals surface area contributed by atoms with Crippen LogP contribution in [0.2, 0.25) is 0 Å². The van der Waals surface area contributed by atoms with E-state index in [1.54, 1.807) is 36.7 Å². The number of nitrogens with one attached hydrogen (secondary N) is 1. The van der Waals surface area contributed by atoms with Gasteiger partial charge in [0.05, 0.1) is 12.3 Å². The summed E-state index contributed by atoms with van der Waals surface area (Å²) < 4.78 is 30.8. The maximum Gasteiger partial charge on any atom is 0.217 e. The molecule has 0 aliphatic carbocycles. The second-order valence-electron chi connectivity index (χ2n) is 4.53. The second kappa shape index (κ2) is 6.59. The monoisotopic (exact) mass is 310 g/mol. The summed E-state index contributed by atoms with van der Waals surface area (Å²) in [5.74, 6) is 1.04. The highest BCUT2D eigenvalue weighted by Gasteiger charge is 2.19. The number of hydrogen-bond donors (Lipinski definition) is 2. The summed E-state index contributed by atoms with van der Waals surface area (Å²) in [6.45, 7) is 0.266. The van der Waals surface area contributed by atoms with Crippen molar-refractivity contribution in [2.45, 2.75) is 6.54 Å². The van der Waals surface area contributed by atoms with Crippen molar-refractivity contribution in [3.63, 3.8) is 0 Å². The molecule has 1 aromatic heterocycles. The van der Waals surface area contributed by atoms with Crippen molar-refractivity contribution in [1.82, 2.24) is 14.3 Å². The van der Waals surface area contributed by atoms with Gasteiger partial charge in [0.25, 0.3) is 0 Å². The van der Waals surface area contributed by atoms with E-state index in [2.05, 4.69) is 9.97 Å². The number of anilines is 1. The van der Waals surface area contributed by atoms with Crippen LogP contribution in [0, 0.1) is 0 Å². The molecule has 7 nitrogen and oxygen atoms in total. The van der Waals surface area contributed by atoms with Crippen LogP contribution in [0.5, 0.6) is 5.75 Å². The van der Waals surface area contributed by atoms with E-state index in [1.807, 2.05) is 0 Å². The minimum Gasteiger partial charge on any atom is -0.492 e. The van der Waals surface area contributed by atoms with Crippen LogP contribution in [-0.2, 0) is 16.6 Å². The van der Waals surface area contributed by atoms with Crippen LogP contribution in [0.1, 0.15) is 5.82 Å². The summed E-state index contributed by atoms with van der Waals surface area (Å²) in [6.07, 6.45) is 3.23. The highest BCUT2D eigenvalue weighted by atomic mass is 32.2. The van der Waals surface area contributed by atoms with E-state index in [1.165, 1.54) is 11.4 Å². The van der Waals surface area contributed by atoms with Gasteiger partial charge in [-0.25, -0.2) is 13.4 Å². The fourth-order valence-corrected chi connectivity index (χ4v) is 2.64. The predicted octanol–water partition coefficient (Wildman–Crippen LogP) is 0.832. The number of nitrogens with two attached hydrogens (primary N) is 1. The smallest absolute Gasteiger partial charge is 0.217 e. The molecule has 0 atom stereocenters. The average Bonchev–Trinajstić information content (AvgIpc) is 2.91. The number of benzene rings is 1. The summed E-state index contributed by atoms with van der Waals surface area (Å²) >= 11 is 0. The number of imidazole rings is 1. The lowest BCUT2D eigenvalue weighted by Gasteiger charge is -2.16. The van der Waals surface area contributed by atoms with Crippen LogP contribution >= 0.6 is 0 Å². The third-order valence-electron chi connectivity index (χ3n) is 2.87. The lowest BCUT2D eigenvalue weighted by molar-refractivity contribution is 0.336. The van der Waals surface area contributed by atoms with Gasteiger partial charge >= 0.3 is 0 Å². The number of sulfonamides is 1. The number of ether oxygens (including phenoxy) is 1. The minimum absolute atomic E-state index is 0.0638. The molecule has 0 amide bonds. The molecule has 2 aromatic rings. The van der Waals surface area contributed by atoms with Crippen LogP contribution in [0.4, 0.5) is 5.69 Å². The zero-order valence-corrected chi connectivity index (χ0v) is 12.5. The van der Waals surface area contributed by atoms with Crippen molar-refractivity contribution in [3.8, 4) is 5.75 Å². The first-order chi connectivity index (χ1) is 9.97. The van der Waals surface area contributed by atoms with Crippen LogP contribution < -0.4 is 10.5 Å². The Hall–Kier alpha value is -2.06. The molecule has 0 aliphatic rings. The summed E-state index contributed by atoms with van der Waals surface area (Å²) in [6, 6.07) is 6.87. The number of H-pyrrole nitrogens is 1. The van der Waals surface area contributed by atoms with Gasteiger partial charge in [0.15, 0.2) is 0 Å². The SMILES string of the molecule is CN(Cc1ncc[nH]1)S(=O)(=O)CCOc1cccc(N)c1. The molecule has 0 saturated carbocycles. The van der Waals surface area contributed by atoms with Crippen molar-refractivity contribution in [2.24, 2.45) is 0 Å². The molecule has 21 heavy (non-hydrogen) atoms. The summed E-state index contributed by atoms with van der Waals surface area (Å²) in [4.78, 5) is 6.87. The average molecular weight is 310 g/mol. The van der Waals surface area contributed by atoms with Gasteiger partial charge in [-0.1, -0.05) is 6.07 Å². The molecule has 0 radical (unpaired) electrons. The molecule has 0 saturated heterocycles. The van der Waals surface area contributed by atoms with E-state index in [0.717, 1.165) is 0 Å². The van der Waals surface area contributed by atoms with E-state index in [4.69, 9.17) is 10.5 Å². The van der Waals surface area contributed by atoms with E-state index >= 15 is 0 Å². The highest BCUT2D eigenvalue weighted by Crippen LogP contribution is 2.14. The van der Waals surface area contributed by atoms with Crippen molar-refractivity contribution in [3.05, 3.63) is 42.5 Å². The van der Waals surface area contributed by atoms with Gasteiger partial charge < -0.3 is 15.5 Å². The van der Waals surface area contributed by atoms with Gasteiger partial charge in [-0.15, -0.1) is 0 Å². The van der Waals surface area contributed by atoms with Gasteiger partial charge in [0, 0.05) is 31.2 Å². The number of aromatic amines is 1. The molecule has 114 valence electrons. The van der Waals surface area contributed by atoms with Crippen molar-refractivity contribution >= 4 is 15.7 Å². The summed E-state index contributed by atoms with van der Waals surface area (Å²) in [5.41, 5.74) is 6.20. The van der Waals surface area contributed by atoms with Gasteiger partial charge in [0.2, 0.25) is 10.0 Å². The third kappa shape index (κ3) is 4.47. The van der Waals surface area contributed by atoms with Crippen LogP contribution in [0.3, 0.4) is 0 Å². The Morgan fingerprint density at radius 2 is 2.24 bits per heavy atom. The quantitative estimate of drug-likeness (QED) is 0.738. The number of nitrogen functional groups attached to an aromatic ring is 1. The summed E-state index contributed by atoms with van der Waals surface area (Å²) in [7, 11) is -1.89. The molecule has 1 heterocycles. The Bertz CT molecular complexity index is 670. The van der Waals surface area contributed by atoms with Crippen LogP contribution in [0.25, 0.3) is 0 Å². The molecule has 0 spiro atoms. The molecule has 1 aromatic carbocycles. The number of aromatic nitrogens is 2. The van der Waals surface area contributed by atoms with E-state index < -0.39 is 10.0 Å². The van der Waals surface area contributed by atoms with E-state index in [-0.39, 0.29) is 18.9 Å². The normalized spacial score (nSPS) is 11.7. The second-order valence-corrected chi connectivity index (χ2v) is 6.72. The first-order valence-electron chi connectivity index (χ1n) is 6.38. The third-order valence-corrected chi connectivity index (χ3v) is 4.63. The number of rotatable bonds is 7. The van der Waals surface area contributed by atoms with Gasteiger partial charge in [0.1, 0.15) is 18.2 Å².